The molecule has 0 rings (SSSR count). The molecule has 0 heterocycles. The molecular formula is C12H25NO5S. The molecule has 0 aliphatic heterocycles. The van der Waals surface area contributed by atoms with Gasteiger partial charge in [-0.2, -0.15) is 0 Å². The number of ether oxygens (including phenoxy) is 1. The minimum absolute atomic E-state index is 0.0236. The van der Waals surface area contributed by atoms with Gasteiger partial charge in [0.25, 0.3) is 0 Å². The maximum Gasteiger partial charge on any atom is 0.303 e. The lowest BCUT2D eigenvalue weighted by molar-refractivity contribution is -0.137. The quantitative estimate of drug-likeness (QED) is 0.530. The highest BCUT2D eigenvalue weighted by Gasteiger charge is 2.09. The van der Waals surface area contributed by atoms with E-state index in [2.05, 4.69) is 4.72 Å². The van der Waals surface area contributed by atoms with Crippen molar-refractivity contribution < 1.29 is 23.1 Å². The molecule has 0 spiro atoms. The van der Waals surface area contributed by atoms with Crippen molar-refractivity contribution in [2.24, 2.45) is 0 Å². The summed E-state index contributed by atoms with van der Waals surface area (Å²) in [4.78, 5) is 10.3. The summed E-state index contributed by atoms with van der Waals surface area (Å²) in [5, 5.41) is 8.44. The van der Waals surface area contributed by atoms with Crippen LogP contribution in [0, 0.1) is 0 Å². The van der Waals surface area contributed by atoms with Crippen molar-refractivity contribution in [3.63, 3.8) is 0 Å². The Morgan fingerprint density at radius 1 is 1.21 bits per heavy atom. The van der Waals surface area contributed by atoms with Gasteiger partial charge in [-0.15, -0.1) is 0 Å². The van der Waals surface area contributed by atoms with Crippen LogP contribution in [0.4, 0.5) is 0 Å². The van der Waals surface area contributed by atoms with E-state index in [1.54, 1.807) is 0 Å². The molecule has 0 aromatic rings. The van der Waals surface area contributed by atoms with Crippen LogP contribution in [0.25, 0.3) is 0 Å². The lowest BCUT2D eigenvalue weighted by atomic mass is 10.1. The summed E-state index contributed by atoms with van der Waals surface area (Å²) in [5.74, 6) is -0.810. The Hall–Kier alpha value is -0.660. The van der Waals surface area contributed by atoms with Gasteiger partial charge in [0.05, 0.1) is 18.5 Å². The van der Waals surface area contributed by atoms with Crippen LogP contribution in [0.1, 0.15) is 46.0 Å². The average molecular weight is 295 g/mol. The molecule has 0 aliphatic rings. The number of aliphatic carboxylic acids is 1. The molecule has 2 N–H and O–H groups in total. The number of sulfonamides is 1. The van der Waals surface area contributed by atoms with Crippen LogP contribution in [-0.4, -0.2) is 44.5 Å². The minimum Gasteiger partial charge on any atom is -0.481 e. The Bertz CT molecular complexity index is 340. The summed E-state index contributed by atoms with van der Waals surface area (Å²) in [6, 6.07) is 0. The Balaban J connectivity index is 3.50. The Morgan fingerprint density at radius 3 is 2.42 bits per heavy atom. The van der Waals surface area contributed by atoms with Crippen molar-refractivity contribution in [1.82, 2.24) is 4.72 Å². The predicted octanol–water partition coefficient (Wildman–Crippen LogP) is 1.37. The average Bonchev–Trinajstić information content (AvgIpc) is 2.26. The van der Waals surface area contributed by atoms with Gasteiger partial charge in [-0.3, -0.25) is 4.79 Å². The molecule has 0 saturated heterocycles. The van der Waals surface area contributed by atoms with E-state index >= 15 is 0 Å². The molecule has 0 aromatic carbocycles. The summed E-state index contributed by atoms with van der Waals surface area (Å²) in [5.41, 5.74) is 0. The highest BCUT2D eigenvalue weighted by molar-refractivity contribution is 7.89. The Kier molecular flexibility index (Phi) is 9.81. The van der Waals surface area contributed by atoms with Crippen molar-refractivity contribution in [2.75, 3.05) is 18.9 Å². The van der Waals surface area contributed by atoms with E-state index in [-0.39, 0.29) is 24.9 Å². The third-order valence-corrected chi connectivity index (χ3v) is 3.79. The van der Waals surface area contributed by atoms with Crippen LogP contribution in [0.3, 0.4) is 0 Å². The summed E-state index contributed by atoms with van der Waals surface area (Å²) < 4.78 is 30.7. The lowest BCUT2D eigenvalue weighted by Crippen LogP contribution is -2.29. The Labute approximate surface area is 115 Å². The molecule has 0 unspecified atom stereocenters. The number of rotatable bonds is 12. The van der Waals surface area contributed by atoms with Crippen molar-refractivity contribution in [3.05, 3.63) is 0 Å². The summed E-state index contributed by atoms with van der Waals surface area (Å²) in [6.07, 6.45) is 3.22. The van der Waals surface area contributed by atoms with Gasteiger partial charge >= 0.3 is 5.97 Å². The molecule has 0 saturated carbocycles. The predicted molar refractivity (Wildman–Crippen MR) is 73.6 cm³/mol. The van der Waals surface area contributed by atoms with Crippen molar-refractivity contribution >= 4 is 16.0 Å². The summed E-state index contributed by atoms with van der Waals surface area (Å²) in [6.45, 7) is 4.32. The van der Waals surface area contributed by atoms with Crippen LogP contribution < -0.4 is 4.72 Å². The van der Waals surface area contributed by atoms with Crippen LogP contribution in [-0.2, 0) is 19.6 Å². The standard InChI is InChI=1S/C12H25NO5S/c1-11(2)18-9-10-19(16,17)13-8-6-4-3-5-7-12(14)15/h11,13H,3-10H2,1-2H3,(H,14,15). The number of carboxylic acid groups (broad SMARTS) is 1. The van der Waals surface area contributed by atoms with E-state index in [1.165, 1.54) is 0 Å². The molecule has 114 valence electrons. The van der Waals surface area contributed by atoms with Crippen LogP contribution in [0.15, 0.2) is 0 Å². The van der Waals surface area contributed by atoms with Crippen molar-refractivity contribution in [3.8, 4) is 0 Å². The van der Waals surface area contributed by atoms with Gasteiger partial charge in [0, 0.05) is 13.0 Å². The molecular weight excluding hydrogens is 270 g/mol. The van der Waals surface area contributed by atoms with E-state index < -0.39 is 16.0 Å². The molecule has 7 heteroatoms. The number of carboxylic acids is 1. The molecule has 0 bridgehead atoms. The third-order valence-electron chi connectivity index (χ3n) is 2.44. The first-order chi connectivity index (χ1) is 8.83. The molecule has 0 fully saturated rings. The van der Waals surface area contributed by atoms with Gasteiger partial charge in [0.2, 0.25) is 10.0 Å². The molecule has 0 amide bonds. The molecule has 0 atom stereocenters. The highest BCUT2D eigenvalue weighted by atomic mass is 32.2. The molecule has 0 radical (unpaired) electrons. The second-order valence-electron chi connectivity index (χ2n) is 4.69. The number of unbranched alkanes of at least 4 members (excludes halogenated alkanes) is 3. The lowest BCUT2D eigenvalue weighted by Gasteiger charge is -2.09. The van der Waals surface area contributed by atoms with Gasteiger partial charge in [0.15, 0.2) is 0 Å². The number of nitrogens with one attached hydrogen (secondary N) is 1. The zero-order valence-electron chi connectivity index (χ0n) is 11.7. The van der Waals surface area contributed by atoms with E-state index in [9.17, 15) is 13.2 Å². The van der Waals surface area contributed by atoms with E-state index in [0.29, 0.717) is 13.0 Å². The number of hydrogen-bond donors (Lipinski definition) is 2. The number of hydrogen-bond acceptors (Lipinski definition) is 4. The monoisotopic (exact) mass is 295 g/mol. The first kappa shape index (κ1) is 18.3. The van der Waals surface area contributed by atoms with E-state index in [4.69, 9.17) is 9.84 Å². The summed E-state index contributed by atoms with van der Waals surface area (Å²) in [7, 11) is -3.25. The fourth-order valence-corrected chi connectivity index (χ4v) is 2.36. The van der Waals surface area contributed by atoms with Gasteiger partial charge in [-0.25, -0.2) is 13.1 Å². The van der Waals surface area contributed by atoms with Gasteiger partial charge in [-0.05, 0) is 26.7 Å². The van der Waals surface area contributed by atoms with Crippen LogP contribution in [0.5, 0.6) is 0 Å². The molecule has 0 aliphatic carbocycles. The van der Waals surface area contributed by atoms with Crippen LogP contribution in [0.2, 0.25) is 0 Å². The Morgan fingerprint density at radius 2 is 1.84 bits per heavy atom. The second-order valence-corrected chi connectivity index (χ2v) is 6.62. The van der Waals surface area contributed by atoms with Crippen LogP contribution >= 0.6 is 0 Å². The van der Waals surface area contributed by atoms with Gasteiger partial charge < -0.3 is 9.84 Å². The van der Waals surface area contributed by atoms with E-state index in [0.717, 1.165) is 19.3 Å². The van der Waals surface area contributed by atoms with Gasteiger partial charge in [-0.1, -0.05) is 12.8 Å². The maximum atomic E-state index is 11.5. The minimum atomic E-state index is -3.25. The first-order valence-corrected chi connectivity index (χ1v) is 8.29. The normalized spacial score (nSPS) is 11.9. The maximum absolute atomic E-state index is 11.5. The van der Waals surface area contributed by atoms with Crippen molar-refractivity contribution in [1.29, 1.82) is 0 Å². The highest BCUT2D eigenvalue weighted by Crippen LogP contribution is 2.02. The summed E-state index contributed by atoms with van der Waals surface area (Å²) >= 11 is 0. The van der Waals surface area contributed by atoms with Crippen molar-refractivity contribution in [2.45, 2.75) is 52.1 Å². The topological polar surface area (TPSA) is 92.7 Å². The fraction of sp³-hybridized carbons (Fsp3) is 0.917. The fourth-order valence-electron chi connectivity index (χ4n) is 1.45. The first-order valence-electron chi connectivity index (χ1n) is 6.64. The SMILES string of the molecule is CC(C)OCCS(=O)(=O)NCCCCCCC(=O)O. The van der Waals surface area contributed by atoms with E-state index in [1.807, 2.05) is 13.8 Å². The smallest absolute Gasteiger partial charge is 0.303 e. The zero-order chi connectivity index (χ0) is 14.7. The largest absolute Gasteiger partial charge is 0.481 e. The zero-order valence-corrected chi connectivity index (χ0v) is 12.5. The molecule has 6 nitrogen and oxygen atoms in total. The van der Waals surface area contributed by atoms with Gasteiger partial charge in [0.1, 0.15) is 0 Å². The second kappa shape index (κ2) is 10.2. The molecule has 19 heavy (non-hydrogen) atoms. The number of carbonyl (C=O) groups is 1. The third kappa shape index (κ3) is 13.6. The molecule has 0 aromatic heterocycles.